The fourth-order valence-electron chi connectivity index (χ4n) is 1.83. The minimum Gasteiger partial charge on any atom is -0.295 e. The molecule has 0 unspecified atom stereocenters. The van der Waals surface area contributed by atoms with Crippen molar-refractivity contribution in [1.82, 2.24) is 4.90 Å². The lowest BCUT2D eigenvalue weighted by Gasteiger charge is -2.21. The Kier molecular flexibility index (Phi) is 4.22. The fourth-order valence-corrected chi connectivity index (χ4v) is 2.48. The molecule has 1 aromatic carbocycles. The predicted molar refractivity (Wildman–Crippen MR) is 68.6 cm³/mol. The molecule has 2 rings (SSSR count). The van der Waals surface area contributed by atoms with Gasteiger partial charge >= 0.3 is 0 Å². The molecule has 0 saturated heterocycles. The van der Waals surface area contributed by atoms with Gasteiger partial charge in [-0.05, 0) is 18.9 Å². The molecule has 1 saturated carbocycles. The van der Waals surface area contributed by atoms with Crippen molar-refractivity contribution in [2.24, 2.45) is 0 Å². The van der Waals surface area contributed by atoms with E-state index in [1.54, 1.807) is 12.1 Å². The van der Waals surface area contributed by atoms with E-state index < -0.39 is 0 Å². The highest BCUT2D eigenvalue weighted by atomic mass is 79.9. The maximum absolute atomic E-state index is 13.7. The molecule has 0 amide bonds. The molecule has 0 spiro atoms. The molecule has 1 fully saturated rings. The van der Waals surface area contributed by atoms with E-state index in [4.69, 9.17) is 11.6 Å². The molecule has 0 aliphatic heterocycles. The van der Waals surface area contributed by atoms with Crippen molar-refractivity contribution >= 4 is 27.5 Å². The van der Waals surface area contributed by atoms with Gasteiger partial charge in [0.2, 0.25) is 0 Å². The van der Waals surface area contributed by atoms with Crippen LogP contribution in [0.2, 0.25) is 5.02 Å². The van der Waals surface area contributed by atoms with Gasteiger partial charge in [-0.2, -0.15) is 0 Å². The number of rotatable bonds is 5. The van der Waals surface area contributed by atoms with Crippen LogP contribution in [0.1, 0.15) is 18.4 Å². The van der Waals surface area contributed by atoms with Gasteiger partial charge in [0, 0.05) is 30.0 Å². The van der Waals surface area contributed by atoms with Gasteiger partial charge in [-0.15, -0.1) is 0 Å². The first-order valence-electron chi connectivity index (χ1n) is 5.45. The lowest BCUT2D eigenvalue weighted by Crippen LogP contribution is -2.27. The highest BCUT2D eigenvalue weighted by molar-refractivity contribution is 9.09. The van der Waals surface area contributed by atoms with Crippen LogP contribution in [-0.2, 0) is 6.54 Å². The fraction of sp³-hybridized carbons (Fsp3) is 0.500. The Labute approximate surface area is 109 Å². The summed E-state index contributed by atoms with van der Waals surface area (Å²) in [5, 5.41) is 1.14. The van der Waals surface area contributed by atoms with E-state index >= 15 is 0 Å². The molecule has 88 valence electrons. The van der Waals surface area contributed by atoms with E-state index in [1.807, 2.05) is 6.07 Å². The Bertz CT molecular complexity index is 368. The molecule has 0 bridgehead atoms. The molecule has 0 heterocycles. The van der Waals surface area contributed by atoms with Crippen LogP contribution < -0.4 is 0 Å². The quantitative estimate of drug-likeness (QED) is 0.747. The van der Waals surface area contributed by atoms with Crippen molar-refractivity contribution in [3.63, 3.8) is 0 Å². The molecular weight excluding hydrogens is 292 g/mol. The van der Waals surface area contributed by atoms with Crippen LogP contribution in [0.25, 0.3) is 0 Å². The smallest absolute Gasteiger partial charge is 0.146 e. The normalized spacial score (nSPS) is 15.8. The molecule has 16 heavy (non-hydrogen) atoms. The molecule has 0 atom stereocenters. The Hall–Kier alpha value is -0.120. The van der Waals surface area contributed by atoms with E-state index in [9.17, 15) is 4.39 Å². The zero-order chi connectivity index (χ0) is 11.5. The molecule has 4 heteroatoms. The second-order valence-corrected chi connectivity index (χ2v) is 5.30. The number of nitrogens with zero attached hydrogens (tertiary/aromatic N) is 1. The Balaban J connectivity index is 2.08. The summed E-state index contributed by atoms with van der Waals surface area (Å²) >= 11 is 9.20. The number of hydrogen-bond donors (Lipinski definition) is 0. The zero-order valence-electron chi connectivity index (χ0n) is 8.93. The molecule has 0 radical (unpaired) electrons. The Morgan fingerprint density at radius 3 is 2.81 bits per heavy atom. The third-order valence-electron chi connectivity index (χ3n) is 2.84. The Morgan fingerprint density at radius 1 is 1.44 bits per heavy atom. The van der Waals surface area contributed by atoms with E-state index in [0.717, 1.165) is 11.9 Å². The molecule has 0 N–H and O–H groups in total. The van der Waals surface area contributed by atoms with Crippen molar-refractivity contribution < 1.29 is 4.39 Å². The van der Waals surface area contributed by atoms with Gasteiger partial charge in [0.15, 0.2) is 0 Å². The minimum atomic E-state index is -0.274. The number of alkyl halides is 1. The van der Waals surface area contributed by atoms with Crippen LogP contribution in [0.4, 0.5) is 4.39 Å². The van der Waals surface area contributed by atoms with Crippen LogP contribution in [0.15, 0.2) is 18.2 Å². The minimum absolute atomic E-state index is 0.215. The van der Waals surface area contributed by atoms with Crippen LogP contribution in [-0.4, -0.2) is 22.8 Å². The van der Waals surface area contributed by atoms with Gasteiger partial charge in [-0.1, -0.05) is 39.7 Å². The number of halogens is 3. The average molecular weight is 307 g/mol. The molecule has 0 aromatic heterocycles. The van der Waals surface area contributed by atoms with Crippen molar-refractivity contribution in [2.45, 2.75) is 25.4 Å². The highest BCUT2D eigenvalue weighted by Gasteiger charge is 2.28. The van der Waals surface area contributed by atoms with Crippen LogP contribution in [0, 0.1) is 5.82 Å². The summed E-state index contributed by atoms with van der Waals surface area (Å²) in [7, 11) is 0. The average Bonchev–Trinajstić information content (AvgIpc) is 3.07. The lowest BCUT2D eigenvalue weighted by atomic mass is 10.2. The van der Waals surface area contributed by atoms with Crippen LogP contribution in [0.5, 0.6) is 0 Å². The van der Waals surface area contributed by atoms with Gasteiger partial charge in [0.1, 0.15) is 5.82 Å². The first kappa shape index (κ1) is 12.3. The van der Waals surface area contributed by atoms with Crippen molar-refractivity contribution in [3.05, 3.63) is 34.6 Å². The summed E-state index contributed by atoms with van der Waals surface area (Å²) in [5.74, 6) is -0.274. The summed E-state index contributed by atoms with van der Waals surface area (Å²) in [6.07, 6.45) is 2.46. The Morgan fingerprint density at radius 2 is 2.19 bits per heavy atom. The third-order valence-corrected chi connectivity index (χ3v) is 3.49. The van der Waals surface area contributed by atoms with Crippen molar-refractivity contribution in [2.75, 3.05) is 11.9 Å². The maximum Gasteiger partial charge on any atom is 0.146 e. The van der Waals surface area contributed by atoms with Gasteiger partial charge in [-0.25, -0.2) is 4.39 Å². The first-order valence-corrected chi connectivity index (χ1v) is 6.95. The summed E-state index contributed by atoms with van der Waals surface area (Å²) < 4.78 is 13.7. The van der Waals surface area contributed by atoms with E-state index in [-0.39, 0.29) is 10.8 Å². The summed E-state index contributed by atoms with van der Waals surface area (Å²) in [6, 6.07) is 5.84. The lowest BCUT2D eigenvalue weighted by molar-refractivity contribution is 0.268. The van der Waals surface area contributed by atoms with Crippen molar-refractivity contribution in [3.8, 4) is 0 Å². The van der Waals surface area contributed by atoms with Gasteiger partial charge < -0.3 is 0 Å². The molecule has 1 aliphatic carbocycles. The second-order valence-electron chi connectivity index (χ2n) is 4.10. The molecule has 1 nitrogen and oxygen atoms in total. The second kappa shape index (κ2) is 5.48. The van der Waals surface area contributed by atoms with E-state index in [0.29, 0.717) is 18.2 Å². The molecular formula is C12H14BrClFN. The number of hydrogen-bond acceptors (Lipinski definition) is 1. The van der Waals surface area contributed by atoms with E-state index in [1.165, 1.54) is 12.8 Å². The molecule has 1 aliphatic rings. The van der Waals surface area contributed by atoms with Crippen molar-refractivity contribution in [1.29, 1.82) is 0 Å². The SMILES string of the molecule is Fc1c(Cl)cccc1CN(CCBr)C1CC1. The van der Waals surface area contributed by atoms with Gasteiger partial charge in [0.25, 0.3) is 0 Å². The maximum atomic E-state index is 13.7. The summed E-state index contributed by atoms with van der Waals surface area (Å²) in [5.41, 5.74) is 0.695. The third kappa shape index (κ3) is 2.96. The van der Waals surface area contributed by atoms with Gasteiger partial charge in [0.05, 0.1) is 5.02 Å². The van der Waals surface area contributed by atoms with Gasteiger partial charge in [-0.3, -0.25) is 4.90 Å². The molecule has 1 aromatic rings. The summed E-state index contributed by atoms with van der Waals surface area (Å²) in [4.78, 5) is 2.31. The summed E-state index contributed by atoms with van der Waals surface area (Å²) in [6.45, 7) is 1.61. The standard InChI is InChI=1S/C12H14BrClFN/c13-6-7-16(10-4-5-10)8-9-2-1-3-11(14)12(9)15/h1-3,10H,4-8H2. The predicted octanol–water partition coefficient (Wildman–Crippen LogP) is 3.84. The first-order chi connectivity index (χ1) is 7.72. The number of benzene rings is 1. The van der Waals surface area contributed by atoms with E-state index in [2.05, 4.69) is 20.8 Å². The van der Waals surface area contributed by atoms with Crippen LogP contribution in [0.3, 0.4) is 0 Å². The monoisotopic (exact) mass is 305 g/mol. The largest absolute Gasteiger partial charge is 0.295 e. The highest BCUT2D eigenvalue weighted by Crippen LogP contribution is 2.29. The van der Waals surface area contributed by atoms with Crippen LogP contribution >= 0.6 is 27.5 Å². The zero-order valence-corrected chi connectivity index (χ0v) is 11.3. The topological polar surface area (TPSA) is 3.24 Å².